The number of hydrogen-bond donors (Lipinski definition) is 1. The van der Waals surface area contributed by atoms with Crippen LogP contribution >= 0.6 is 0 Å². The molecule has 1 aliphatic rings. The van der Waals surface area contributed by atoms with E-state index in [4.69, 9.17) is 5.73 Å². The SMILES string of the molecule is CCC(N)(CC)CN1CCC(N(C)C)CC1. The summed E-state index contributed by atoms with van der Waals surface area (Å²) < 4.78 is 0. The van der Waals surface area contributed by atoms with Gasteiger partial charge in [-0.2, -0.15) is 0 Å². The van der Waals surface area contributed by atoms with Crippen LogP contribution in [0.5, 0.6) is 0 Å². The van der Waals surface area contributed by atoms with Gasteiger partial charge in [-0.05, 0) is 52.9 Å². The first kappa shape index (κ1) is 13.9. The largest absolute Gasteiger partial charge is 0.324 e. The molecule has 0 spiro atoms. The predicted molar refractivity (Wildman–Crippen MR) is 70.6 cm³/mol. The van der Waals surface area contributed by atoms with E-state index in [2.05, 4.69) is 37.7 Å². The number of nitrogens with zero attached hydrogens (tertiary/aromatic N) is 2. The van der Waals surface area contributed by atoms with Crippen LogP contribution in [-0.2, 0) is 0 Å². The third-order valence-electron chi connectivity index (χ3n) is 4.23. The smallest absolute Gasteiger partial charge is 0.0278 e. The Morgan fingerprint density at radius 2 is 1.69 bits per heavy atom. The van der Waals surface area contributed by atoms with Gasteiger partial charge in [-0.3, -0.25) is 0 Å². The average molecular weight is 227 g/mol. The van der Waals surface area contributed by atoms with E-state index < -0.39 is 0 Å². The lowest BCUT2D eigenvalue weighted by atomic mass is 9.92. The van der Waals surface area contributed by atoms with Gasteiger partial charge in [-0.15, -0.1) is 0 Å². The van der Waals surface area contributed by atoms with Crippen LogP contribution < -0.4 is 5.73 Å². The van der Waals surface area contributed by atoms with E-state index in [1.54, 1.807) is 0 Å². The highest BCUT2D eigenvalue weighted by atomic mass is 15.2. The monoisotopic (exact) mass is 227 g/mol. The number of nitrogens with two attached hydrogens (primary N) is 1. The maximum absolute atomic E-state index is 6.37. The second-order valence-electron chi connectivity index (χ2n) is 5.54. The minimum Gasteiger partial charge on any atom is -0.324 e. The van der Waals surface area contributed by atoms with Gasteiger partial charge in [0.25, 0.3) is 0 Å². The fraction of sp³-hybridized carbons (Fsp3) is 1.00. The first-order valence-electron chi connectivity index (χ1n) is 6.68. The number of likely N-dealkylation sites (tertiary alicyclic amines) is 1. The minimum atomic E-state index is 0.0327. The standard InChI is InChI=1S/C13H29N3/c1-5-13(14,6-2)11-16-9-7-12(8-10-16)15(3)4/h12H,5-11,14H2,1-4H3. The van der Waals surface area contributed by atoms with Crippen molar-refractivity contribution in [2.75, 3.05) is 33.7 Å². The number of rotatable bonds is 5. The Labute approximate surface area is 101 Å². The van der Waals surface area contributed by atoms with E-state index in [0.29, 0.717) is 0 Å². The van der Waals surface area contributed by atoms with Crippen molar-refractivity contribution in [1.29, 1.82) is 0 Å². The van der Waals surface area contributed by atoms with E-state index in [1.807, 2.05) is 0 Å². The van der Waals surface area contributed by atoms with Crippen LogP contribution in [0.4, 0.5) is 0 Å². The Balaban J connectivity index is 2.37. The summed E-state index contributed by atoms with van der Waals surface area (Å²) in [7, 11) is 4.37. The van der Waals surface area contributed by atoms with Crippen LogP contribution in [0.3, 0.4) is 0 Å². The molecule has 1 aliphatic heterocycles. The van der Waals surface area contributed by atoms with E-state index in [0.717, 1.165) is 25.4 Å². The zero-order chi connectivity index (χ0) is 12.2. The van der Waals surface area contributed by atoms with Gasteiger partial charge in [0.2, 0.25) is 0 Å². The van der Waals surface area contributed by atoms with Crippen LogP contribution in [0.2, 0.25) is 0 Å². The van der Waals surface area contributed by atoms with E-state index in [9.17, 15) is 0 Å². The maximum Gasteiger partial charge on any atom is 0.0278 e. The van der Waals surface area contributed by atoms with Crippen molar-refractivity contribution in [2.24, 2.45) is 5.73 Å². The van der Waals surface area contributed by atoms with Gasteiger partial charge < -0.3 is 15.5 Å². The molecule has 0 aromatic heterocycles. The van der Waals surface area contributed by atoms with Gasteiger partial charge in [0.15, 0.2) is 0 Å². The van der Waals surface area contributed by atoms with Crippen molar-refractivity contribution in [3.8, 4) is 0 Å². The summed E-state index contributed by atoms with van der Waals surface area (Å²) in [5.41, 5.74) is 6.40. The van der Waals surface area contributed by atoms with Crippen molar-refractivity contribution in [2.45, 2.75) is 51.1 Å². The lowest BCUT2D eigenvalue weighted by Gasteiger charge is -2.39. The topological polar surface area (TPSA) is 32.5 Å². The molecule has 16 heavy (non-hydrogen) atoms. The lowest BCUT2D eigenvalue weighted by molar-refractivity contribution is 0.119. The summed E-state index contributed by atoms with van der Waals surface area (Å²) in [5, 5.41) is 0. The summed E-state index contributed by atoms with van der Waals surface area (Å²) in [6.45, 7) is 7.90. The molecule has 3 heteroatoms. The molecule has 1 heterocycles. The van der Waals surface area contributed by atoms with Gasteiger partial charge in [0, 0.05) is 18.1 Å². The Morgan fingerprint density at radius 1 is 1.19 bits per heavy atom. The highest BCUT2D eigenvalue weighted by Crippen LogP contribution is 2.19. The van der Waals surface area contributed by atoms with Gasteiger partial charge in [0.1, 0.15) is 0 Å². The van der Waals surface area contributed by atoms with Crippen molar-refractivity contribution >= 4 is 0 Å². The fourth-order valence-electron chi connectivity index (χ4n) is 2.51. The zero-order valence-corrected chi connectivity index (χ0v) is 11.5. The van der Waals surface area contributed by atoms with Crippen LogP contribution in [0.15, 0.2) is 0 Å². The van der Waals surface area contributed by atoms with Crippen molar-refractivity contribution in [3.63, 3.8) is 0 Å². The van der Waals surface area contributed by atoms with Crippen LogP contribution in [0, 0.1) is 0 Å². The zero-order valence-electron chi connectivity index (χ0n) is 11.5. The van der Waals surface area contributed by atoms with E-state index >= 15 is 0 Å². The Hall–Kier alpha value is -0.120. The van der Waals surface area contributed by atoms with Crippen LogP contribution in [0.25, 0.3) is 0 Å². The Morgan fingerprint density at radius 3 is 2.06 bits per heavy atom. The molecule has 1 rings (SSSR count). The summed E-state index contributed by atoms with van der Waals surface area (Å²) in [6, 6.07) is 0.770. The van der Waals surface area contributed by atoms with Crippen molar-refractivity contribution < 1.29 is 0 Å². The summed E-state index contributed by atoms with van der Waals surface area (Å²) in [6.07, 6.45) is 4.74. The molecule has 0 aromatic rings. The third-order valence-corrected chi connectivity index (χ3v) is 4.23. The maximum atomic E-state index is 6.37. The van der Waals surface area contributed by atoms with Crippen LogP contribution in [0.1, 0.15) is 39.5 Å². The summed E-state index contributed by atoms with van der Waals surface area (Å²) in [4.78, 5) is 4.90. The lowest BCUT2D eigenvalue weighted by Crippen LogP contribution is -2.52. The van der Waals surface area contributed by atoms with Gasteiger partial charge >= 0.3 is 0 Å². The number of hydrogen-bond acceptors (Lipinski definition) is 3. The molecule has 0 atom stereocenters. The normalized spacial score (nSPS) is 20.6. The van der Waals surface area contributed by atoms with Gasteiger partial charge in [0.05, 0.1) is 0 Å². The van der Waals surface area contributed by atoms with Gasteiger partial charge in [-0.1, -0.05) is 13.8 Å². The van der Waals surface area contributed by atoms with E-state index in [1.165, 1.54) is 25.9 Å². The second-order valence-corrected chi connectivity index (χ2v) is 5.54. The Kier molecular flexibility index (Phi) is 5.22. The predicted octanol–water partition coefficient (Wildman–Crippen LogP) is 1.53. The quantitative estimate of drug-likeness (QED) is 0.773. The fourth-order valence-corrected chi connectivity index (χ4v) is 2.51. The highest BCUT2D eigenvalue weighted by Gasteiger charge is 2.27. The first-order valence-corrected chi connectivity index (χ1v) is 6.68. The molecule has 0 aromatic carbocycles. The molecule has 0 bridgehead atoms. The van der Waals surface area contributed by atoms with Crippen molar-refractivity contribution in [3.05, 3.63) is 0 Å². The molecule has 0 saturated carbocycles. The second kappa shape index (κ2) is 5.99. The first-order chi connectivity index (χ1) is 7.50. The molecular formula is C13H29N3. The number of piperidine rings is 1. The van der Waals surface area contributed by atoms with Crippen LogP contribution in [-0.4, -0.2) is 55.1 Å². The summed E-state index contributed by atoms with van der Waals surface area (Å²) >= 11 is 0. The molecule has 96 valence electrons. The Bertz CT molecular complexity index is 191. The average Bonchev–Trinajstić information content (AvgIpc) is 2.29. The molecule has 1 saturated heterocycles. The molecular weight excluding hydrogens is 198 g/mol. The highest BCUT2D eigenvalue weighted by molar-refractivity contribution is 4.87. The third kappa shape index (κ3) is 3.72. The molecule has 0 aliphatic carbocycles. The molecule has 1 fully saturated rings. The molecule has 3 nitrogen and oxygen atoms in total. The molecule has 2 N–H and O–H groups in total. The minimum absolute atomic E-state index is 0.0327. The molecule has 0 amide bonds. The van der Waals surface area contributed by atoms with Crippen molar-refractivity contribution in [1.82, 2.24) is 9.80 Å². The summed E-state index contributed by atoms with van der Waals surface area (Å²) in [5.74, 6) is 0. The van der Waals surface area contributed by atoms with E-state index in [-0.39, 0.29) is 5.54 Å². The van der Waals surface area contributed by atoms with Gasteiger partial charge in [-0.25, -0.2) is 0 Å². The molecule has 0 radical (unpaired) electrons. The molecule has 0 unspecified atom stereocenters.